The van der Waals surface area contributed by atoms with Crippen molar-refractivity contribution in [3.05, 3.63) is 71.3 Å². The van der Waals surface area contributed by atoms with E-state index in [4.69, 9.17) is 4.74 Å². The summed E-state index contributed by atoms with van der Waals surface area (Å²) in [6, 6.07) is 14.1. The highest BCUT2D eigenvalue weighted by Gasteiger charge is 2.63. The fourth-order valence-electron chi connectivity index (χ4n) is 5.77. The second kappa shape index (κ2) is 8.52. The number of hydrogen-bond acceptors (Lipinski definition) is 5. The second-order valence-electron chi connectivity index (χ2n) is 9.64. The third-order valence-electron chi connectivity index (χ3n) is 7.59. The van der Waals surface area contributed by atoms with Crippen LogP contribution >= 0.6 is 0 Å². The van der Waals surface area contributed by atoms with Crippen molar-refractivity contribution < 1.29 is 23.1 Å². The van der Waals surface area contributed by atoms with Crippen molar-refractivity contribution in [2.75, 3.05) is 13.7 Å². The quantitative estimate of drug-likeness (QED) is 0.633. The molecule has 34 heavy (non-hydrogen) atoms. The summed E-state index contributed by atoms with van der Waals surface area (Å²) in [5.74, 6) is 0.391. The molecule has 4 atom stereocenters. The average Bonchev–Trinajstić information content (AvgIpc) is 3.27. The van der Waals surface area contributed by atoms with E-state index in [-0.39, 0.29) is 35.2 Å². The molecule has 2 fully saturated rings. The van der Waals surface area contributed by atoms with Crippen LogP contribution in [0, 0.1) is 18.8 Å². The molecule has 180 valence electrons. The number of carbonyl (C=O) groups excluding carboxylic acids is 1. The zero-order valence-corrected chi connectivity index (χ0v) is 20.2. The van der Waals surface area contributed by atoms with Crippen molar-refractivity contribution in [1.29, 1.82) is 0 Å². The highest BCUT2D eigenvalue weighted by Crippen LogP contribution is 2.54. The first-order valence-corrected chi connectivity index (χ1v) is 13.2. The van der Waals surface area contributed by atoms with E-state index in [1.165, 1.54) is 0 Å². The lowest BCUT2D eigenvalue weighted by Crippen LogP contribution is -2.47. The number of rotatable bonds is 7. The Morgan fingerprint density at radius 3 is 2.50 bits per heavy atom. The van der Waals surface area contributed by atoms with Crippen molar-refractivity contribution in [3.63, 3.8) is 0 Å². The number of benzene rings is 2. The number of methoxy groups -OCH3 is 1. The minimum absolute atomic E-state index is 0.0591. The number of nitrogens with zero attached hydrogens (tertiary/aromatic N) is 1. The van der Waals surface area contributed by atoms with Crippen molar-refractivity contribution in [3.8, 4) is 5.75 Å². The summed E-state index contributed by atoms with van der Waals surface area (Å²) in [6.45, 7) is 2.53. The summed E-state index contributed by atoms with van der Waals surface area (Å²) >= 11 is 0. The van der Waals surface area contributed by atoms with Gasteiger partial charge in [0.25, 0.3) is 5.91 Å². The Morgan fingerprint density at radius 1 is 1.12 bits per heavy atom. The van der Waals surface area contributed by atoms with Crippen molar-refractivity contribution >= 4 is 15.9 Å². The maximum atomic E-state index is 13.4. The first-order chi connectivity index (χ1) is 16.2. The Morgan fingerprint density at radius 2 is 1.82 bits per heavy atom. The minimum Gasteiger partial charge on any atom is -0.497 e. The molecule has 0 spiro atoms. The molecule has 0 bridgehead atoms. The van der Waals surface area contributed by atoms with Crippen LogP contribution in [0.15, 0.2) is 65.1 Å². The largest absolute Gasteiger partial charge is 0.497 e. The molecule has 0 radical (unpaired) electrons. The van der Waals surface area contributed by atoms with Crippen LogP contribution in [0.1, 0.15) is 30.4 Å². The molecule has 8 heteroatoms. The fraction of sp³-hybridized carbons (Fsp3) is 0.423. The number of hydrogen-bond donors (Lipinski definition) is 2. The second-order valence-corrected chi connectivity index (χ2v) is 11.4. The molecule has 1 saturated heterocycles. The van der Waals surface area contributed by atoms with Gasteiger partial charge in [0.15, 0.2) is 0 Å². The van der Waals surface area contributed by atoms with Crippen LogP contribution in [-0.2, 0) is 21.4 Å². The van der Waals surface area contributed by atoms with E-state index >= 15 is 0 Å². The first-order valence-electron chi connectivity index (χ1n) is 11.7. The van der Waals surface area contributed by atoms with Gasteiger partial charge in [0.05, 0.1) is 18.0 Å². The molecule has 2 N–H and O–H groups in total. The van der Waals surface area contributed by atoms with E-state index in [9.17, 15) is 18.3 Å². The highest BCUT2D eigenvalue weighted by atomic mass is 32.2. The zero-order chi connectivity index (χ0) is 24.1. The molecule has 2 aromatic rings. The molecule has 1 amide bonds. The van der Waals surface area contributed by atoms with Gasteiger partial charge in [-0.15, -0.1) is 0 Å². The van der Waals surface area contributed by atoms with Crippen LogP contribution < -0.4 is 9.46 Å². The molecule has 1 heterocycles. The molecule has 0 aromatic heterocycles. The SMILES string of the molecule is COc1ccc(CN2C(=O)C3=C[C@@H](CNS(=O)(=O)c4ccc(C)cc4)C[C@H]4CC[C@@H]2[C@@]34O)cc1. The third-order valence-corrected chi connectivity index (χ3v) is 9.03. The van der Waals surface area contributed by atoms with Gasteiger partial charge in [0.1, 0.15) is 11.4 Å². The van der Waals surface area contributed by atoms with Crippen LogP contribution in [0.2, 0.25) is 0 Å². The van der Waals surface area contributed by atoms with Crippen LogP contribution in [0.4, 0.5) is 0 Å². The van der Waals surface area contributed by atoms with E-state index in [1.54, 1.807) is 36.3 Å². The summed E-state index contributed by atoms with van der Waals surface area (Å²) in [5.41, 5.74) is 1.24. The Bertz CT molecular complexity index is 1220. The predicted molar refractivity (Wildman–Crippen MR) is 128 cm³/mol. The number of aliphatic hydroxyl groups is 1. The molecule has 0 unspecified atom stereocenters. The molecule has 7 nitrogen and oxygen atoms in total. The van der Waals surface area contributed by atoms with Gasteiger partial charge in [0, 0.05) is 18.7 Å². The molecule has 1 saturated carbocycles. The number of ether oxygens (including phenoxy) is 1. The maximum Gasteiger partial charge on any atom is 0.253 e. The van der Waals surface area contributed by atoms with Gasteiger partial charge in [-0.2, -0.15) is 0 Å². The molecule has 3 aliphatic rings. The maximum absolute atomic E-state index is 13.4. The molecular weight excluding hydrogens is 452 g/mol. The Kier molecular flexibility index (Phi) is 5.78. The van der Waals surface area contributed by atoms with Crippen LogP contribution in [0.3, 0.4) is 0 Å². The number of nitrogens with one attached hydrogen (secondary N) is 1. The lowest BCUT2D eigenvalue weighted by molar-refractivity contribution is -0.127. The number of carbonyl (C=O) groups is 1. The monoisotopic (exact) mass is 482 g/mol. The number of aryl methyl sites for hydroxylation is 1. The normalized spacial score (nSPS) is 28.1. The van der Waals surface area contributed by atoms with Gasteiger partial charge >= 0.3 is 0 Å². The van der Waals surface area contributed by atoms with Gasteiger partial charge in [0.2, 0.25) is 10.0 Å². The molecule has 1 aliphatic heterocycles. The van der Waals surface area contributed by atoms with Gasteiger partial charge in [-0.25, -0.2) is 13.1 Å². The zero-order valence-electron chi connectivity index (χ0n) is 19.4. The van der Waals surface area contributed by atoms with E-state index < -0.39 is 15.6 Å². The van der Waals surface area contributed by atoms with Crippen LogP contribution in [0.5, 0.6) is 5.75 Å². The van der Waals surface area contributed by atoms with Crippen molar-refractivity contribution in [2.24, 2.45) is 11.8 Å². The molecule has 2 aromatic carbocycles. The van der Waals surface area contributed by atoms with Crippen molar-refractivity contribution in [1.82, 2.24) is 9.62 Å². The summed E-state index contributed by atoms with van der Waals surface area (Å²) in [7, 11) is -2.03. The van der Waals surface area contributed by atoms with E-state index in [2.05, 4.69) is 4.72 Å². The smallest absolute Gasteiger partial charge is 0.253 e. The summed E-state index contributed by atoms with van der Waals surface area (Å²) in [4.78, 5) is 15.4. The predicted octanol–water partition coefficient (Wildman–Crippen LogP) is 2.78. The fourth-order valence-corrected chi connectivity index (χ4v) is 6.87. The van der Waals surface area contributed by atoms with Gasteiger partial charge in [-0.1, -0.05) is 35.9 Å². The minimum atomic E-state index is -3.65. The summed E-state index contributed by atoms with van der Waals surface area (Å²) < 4.78 is 33.4. The van der Waals surface area contributed by atoms with E-state index in [0.29, 0.717) is 18.5 Å². The lowest BCUT2D eigenvalue weighted by atomic mass is 9.73. The summed E-state index contributed by atoms with van der Waals surface area (Å²) in [6.07, 6.45) is 4.01. The Labute approximate surface area is 200 Å². The Hall–Kier alpha value is -2.68. The topological polar surface area (TPSA) is 95.9 Å². The van der Waals surface area contributed by atoms with Crippen LogP contribution in [0.25, 0.3) is 0 Å². The van der Waals surface area contributed by atoms with Gasteiger partial charge < -0.3 is 14.7 Å². The first kappa shape index (κ1) is 23.1. The number of sulfonamides is 1. The number of amides is 1. The average molecular weight is 483 g/mol. The standard InChI is InChI=1S/C26H30N2O5S/c1-17-3-10-22(11-4-17)34(31,32)27-15-19-13-20-7-12-24-26(20,30)23(14-19)25(29)28(24)16-18-5-8-21(33-2)9-6-18/h3-6,8-11,14,19-20,24,27,30H,7,12-13,15-16H2,1-2H3/t19-,20+,24+,26-/m0/s1. The van der Waals surface area contributed by atoms with E-state index in [0.717, 1.165) is 29.7 Å². The molecule has 2 aliphatic carbocycles. The number of likely N-dealkylation sites (tertiary alicyclic amines) is 1. The van der Waals surface area contributed by atoms with Crippen molar-refractivity contribution in [2.45, 2.75) is 49.3 Å². The van der Waals surface area contributed by atoms with Gasteiger partial charge in [-0.05, 0) is 67.9 Å². The van der Waals surface area contributed by atoms with E-state index in [1.807, 2.05) is 37.3 Å². The highest BCUT2D eigenvalue weighted by molar-refractivity contribution is 7.89. The molecular formula is C26H30N2O5S. The third kappa shape index (κ3) is 3.83. The van der Waals surface area contributed by atoms with Gasteiger partial charge in [-0.3, -0.25) is 4.79 Å². The summed E-state index contributed by atoms with van der Waals surface area (Å²) in [5, 5.41) is 11.7. The Balaban J connectivity index is 1.34. The molecule has 5 rings (SSSR count). The van der Waals surface area contributed by atoms with Crippen LogP contribution in [-0.4, -0.2) is 49.6 Å². The lowest BCUT2D eigenvalue weighted by Gasteiger charge is -2.36.